The number of carbonyl (C=O) groups is 1. The van der Waals surface area contributed by atoms with Gasteiger partial charge in [-0.15, -0.1) is 0 Å². The third-order valence-electron chi connectivity index (χ3n) is 5.73. The first-order chi connectivity index (χ1) is 14.9. The van der Waals surface area contributed by atoms with Gasteiger partial charge < -0.3 is 10.2 Å². The van der Waals surface area contributed by atoms with Crippen LogP contribution in [-0.4, -0.2) is 46.7 Å². The van der Waals surface area contributed by atoms with Crippen LogP contribution in [0.2, 0.25) is 0 Å². The van der Waals surface area contributed by atoms with Crippen molar-refractivity contribution in [1.29, 1.82) is 0 Å². The number of carbonyl (C=O) groups excluding carboxylic acids is 1. The highest BCUT2D eigenvalue weighted by Gasteiger charge is 2.32. The number of fused-ring (bicyclic) bond motifs is 1. The van der Waals surface area contributed by atoms with Crippen molar-refractivity contribution in [3.63, 3.8) is 0 Å². The van der Waals surface area contributed by atoms with Gasteiger partial charge >= 0.3 is 0 Å². The molecule has 0 atom stereocenters. The van der Waals surface area contributed by atoms with Crippen LogP contribution in [0.15, 0.2) is 47.3 Å². The van der Waals surface area contributed by atoms with Gasteiger partial charge in [0.2, 0.25) is 0 Å². The minimum Gasteiger partial charge on any atom is -0.335 e. The number of aromatic amines is 1. The number of hydrogen-bond donors (Lipinski definition) is 2. The van der Waals surface area contributed by atoms with E-state index in [9.17, 15) is 14.0 Å². The number of benzene rings is 2. The Kier molecular flexibility index (Phi) is 6.13. The van der Waals surface area contributed by atoms with Crippen LogP contribution in [0.1, 0.15) is 41.9 Å². The molecule has 6 nitrogen and oxygen atoms in total. The van der Waals surface area contributed by atoms with E-state index in [0.717, 1.165) is 23.9 Å². The maximum atomic E-state index is 14.4. The highest BCUT2D eigenvalue weighted by molar-refractivity contribution is 5.95. The third kappa shape index (κ3) is 4.66. The molecule has 2 N–H and O–H groups in total. The summed E-state index contributed by atoms with van der Waals surface area (Å²) in [5.41, 5.74) is 1.27. The molecule has 7 heteroatoms. The Morgan fingerprint density at radius 3 is 2.71 bits per heavy atom. The van der Waals surface area contributed by atoms with Crippen molar-refractivity contribution < 1.29 is 9.18 Å². The summed E-state index contributed by atoms with van der Waals surface area (Å²) in [6.07, 6.45) is 1.48. The van der Waals surface area contributed by atoms with Gasteiger partial charge in [0.15, 0.2) is 0 Å². The SMILES string of the molecule is CC(C)CCNC1CN(C(=O)c2cc(Cc3n[nH]c(=O)c4ccccc34)ccc2F)C1. The molecule has 1 aromatic heterocycles. The van der Waals surface area contributed by atoms with Gasteiger partial charge in [-0.3, -0.25) is 9.59 Å². The molecule has 4 rings (SSSR count). The zero-order valence-corrected chi connectivity index (χ0v) is 17.8. The largest absolute Gasteiger partial charge is 0.335 e. The number of rotatable bonds is 7. The lowest BCUT2D eigenvalue weighted by molar-refractivity contribution is 0.0561. The lowest BCUT2D eigenvalue weighted by Crippen LogP contribution is -2.60. The van der Waals surface area contributed by atoms with Crippen molar-refractivity contribution in [2.75, 3.05) is 19.6 Å². The zero-order valence-electron chi connectivity index (χ0n) is 17.8. The van der Waals surface area contributed by atoms with Gasteiger partial charge in [-0.1, -0.05) is 38.1 Å². The van der Waals surface area contributed by atoms with Crippen LogP contribution in [0, 0.1) is 11.7 Å². The van der Waals surface area contributed by atoms with Gasteiger partial charge in [-0.2, -0.15) is 5.10 Å². The maximum Gasteiger partial charge on any atom is 0.272 e. The van der Waals surface area contributed by atoms with Crippen LogP contribution in [0.3, 0.4) is 0 Å². The van der Waals surface area contributed by atoms with Crippen LogP contribution < -0.4 is 10.9 Å². The van der Waals surface area contributed by atoms with Crippen molar-refractivity contribution >= 4 is 16.7 Å². The summed E-state index contributed by atoms with van der Waals surface area (Å²) >= 11 is 0. The van der Waals surface area contributed by atoms with Crippen LogP contribution in [-0.2, 0) is 6.42 Å². The minimum atomic E-state index is -0.524. The van der Waals surface area contributed by atoms with Crippen molar-refractivity contribution in [1.82, 2.24) is 20.4 Å². The van der Waals surface area contributed by atoms with E-state index in [1.54, 1.807) is 29.2 Å². The third-order valence-corrected chi connectivity index (χ3v) is 5.73. The number of likely N-dealkylation sites (tertiary alicyclic amines) is 1. The Bertz CT molecular complexity index is 1150. The molecule has 1 amide bonds. The number of halogens is 1. The molecule has 0 radical (unpaired) electrons. The van der Waals surface area contributed by atoms with E-state index in [4.69, 9.17) is 0 Å². The van der Waals surface area contributed by atoms with E-state index in [0.29, 0.717) is 36.5 Å². The average molecular weight is 423 g/mol. The first-order valence-corrected chi connectivity index (χ1v) is 10.7. The molecule has 3 aromatic rings. The van der Waals surface area contributed by atoms with E-state index in [2.05, 4.69) is 29.4 Å². The Morgan fingerprint density at radius 1 is 1.23 bits per heavy atom. The fraction of sp³-hybridized carbons (Fsp3) is 0.375. The number of hydrogen-bond acceptors (Lipinski definition) is 4. The van der Waals surface area contributed by atoms with E-state index in [1.165, 1.54) is 6.07 Å². The Balaban J connectivity index is 1.47. The Morgan fingerprint density at radius 2 is 1.97 bits per heavy atom. The first kappa shape index (κ1) is 21.2. The molecule has 0 unspecified atom stereocenters. The second kappa shape index (κ2) is 8.98. The molecule has 2 aromatic carbocycles. The molecule has 0 bridgehead atoms. The molecule has 2 heterocycles. The molecule has 0 aliphatic carbocycles. The summed E-state index contributed by atoms with van der Waals surface area (Å²) in [7, 11) is 0. The summed E-state index contributed by atoms with van der Waals surface area (Å²) in [4.78, 5) is 26.5. The maximum absolute atomic E-state index is 14.4. The van der Waals surface area contributed by atoms with Crippen molar-refractivity contribution in [2.24, 2.45) is 5.92 Å². The number of H-pyrrole nitrogens is 1. The predicted molar refractivity (Wildman–Crippen MR) is 119 cm³/mol. The number of nitrogens with one attached hydrogen (secondary N) is 2. The highest BCUT2D eigenvalue weighted by atomic mass is 19.1. The highest BCUT2D eigenvalue weighted by Crippen LogP contribution is 2.21. The quantitative estimate of drug-likeness (QED) is 0.613. The monoisotopic (exact) mass is 422 g/mol. The molecule has 1 aliphatic rings. The van der Waals surface area contributed by atoms with E-state index < -0.39 is 5.82 Å². The molecule has 1 aliphatic heterocycles. The molecule has 31 heavy (non-hydrogen) atoms. The smallest absolute Gasteiger partial charge is 0.272 e. The van der Waals surface area contributed by atoms with Crippen LogP contribution >= 0.6 is 0 Å². The first-order valence-electron chi connectivity index (χ1n) is 10.7. The van der Waals surface area contributed by atoms with Gasteiger partial charge in [-0.25, -0.2) is 9.49 Å². The number of nitrogens with zero attached hydrogens (tertiary/aromatic N) is 2. The second-order valence-corrected chi connectivity index (χ2v) is 8.58. The summed E-state index contributed by atoms with van der Waals surface area (Å²) < 4.78 is 14.4. The topological polar surface area (TPSA) is 78.1 Å². The molecule has 0 spiro atoms. The summed E-state index contributed by atoms with van der Waals surface area (Å²) in [5, 5.41) is 11.4. The standard InChI is InChI=1S/C24H27FN4O2/c1-15(2)9-10-26-17-13-29(14-17)24(31)20-11-16(7-8-21(20)25)12-22-18-5-3-4-6-19(18)23(30)28-27-22/h3-8,11,15,17,26H,9-10,12-14H2,1-2H3,(H,28,30). The lowest BCUT2D eigenvalue weighted by Gasteiger charge is -2.40. The fourth-order valence-electron chi connectivity index (χ4n) is 3.87. The van der Waals surface area contributed by atoms with E-state index in [-0.39, 0.29) is 23.1 Å². The summed E-state index contributed by atoms with van der Waals surface area (Å²) in [5.74, 6) is -0.180. The van der Waals surface area contributed by atoms with Crippen molar-refractivity contribution in [3.8, 4) is 0 Å². The fourth-order valence-corrected chi connectivity index (χ4v) is 3.87. The Labute approximate surface area is 180 Å². The van der Waals surface area contributed by atoms with Gasteiger partial charge in [0.05, 0.1) is 16.6 Å². The molecular weight excluding hydrogens is 395 g/mol. The Hall–Kier alpha value is -3.06. The van der Waals surface area contributed by atoms with Crippen molar-refractivity contribution in [2.45, 2.75) is 32.7 Å². The van der Waals surface area contributed by atoms with Crippen LogP contribution in [0.5, 0.6) is 0 Å². The molecule has 1 fully saturated rings. The van der Waals surface area contributed by atoms with Crippen molar-refractivity contribution in [3.05, 3.63) is 75.5 Å². The second-order valence-electron chi connectivity index (χ2n) is 8.58. The van der Waals surface area contributed by atoms with E-state index >= 15 is 0 Å². The number of aromatic nitrogens is 2. The normalized spacial score (nSPS) is 14.3. The summed E-state index contributed by atoms with van der Waals surface area (Å²) in [6, 6.07) is 12.1. The van der Waals surface area contributed by atoms with Gasteiger partial charge in [-0.05, 0) is 42.6 Å². The van der Waals surface area contributed by atoms with Crippen LogP contribution in [0.25, 0.3) is 10.8 Å². The molecule has 162 valence electrons. The lowest BCUT2D eigenvalue weighted by atomic mass is 10.0. The average Bonchev–Trinajstić information content (AvgIpc) is 2.72. The van der Waals surface area contributed by atoms with Gasteiger partial charge in [0.25, 0.3) is 11.5 Å². The zero-order chi connectivity index (χ0) is 22.0. The molecule has 1 saturated heterocycles. The van der Waals surface area contributed by atoms with E-state index in [1.807, 2.05) is 12.1 Å². The summed E-state index contributed by atoms with van der Waals surface area (Å²) in [6.45, 7) is 6.46. The predicted octanol–water partition coefficient (Wildman–Crippen LogP) is 3.11. The molecular formula is C24H27FN4O2. The number of amides is 1. The minimum absolute atomic E-state index is 0.0758. The van der Waals surface area contributed by atoms with Gasteiger partial charge in [0, 0.05) is 30.9 Å². The van der Waals surface area contributed by atoms with Gasteiger partial charge in [0.1, 0.15) is 5.82 Å². The molecule has 0 saturated carbocycles. The van der Waals surface area contributed by atoms with Crippen LogP contribution in [0.4, 0.5) is 4.39 Å².